The van der Waals surface area contributed by atoms with Crippen LogP contribution in [0.15, 0.2) is 18.2 Å². The zero-order valence-electron chi connectivity index (χ0n) is 12.5. The number of hydrogen-bond donors (Lipinski definition) is 1. The van der Waals surface area contributed by atoms with Gasteiger partial charge in [-0.3, -0.25) is 0 Å². The molecule has 0 amide bonds. The van der Waals surface area contributed by atoms with Crippen molar-refractivity contribution < 1.29 is 9.47 Å². The summed E-state index contributed by atoms with van der Waals surface area (Å²) in [6.07, 6.45) is 6.70. The van der Waals surface area contributed by atoms with E-state index in [-0.39, 0.29) is 0 Å². The normalized spacial score (nSPS) is 27.1. The van der Waals surface area contributed by atoms with E-state index in [4.69, 9.17) is 9.47 Å². The number of benzene rings is 1. The third-order valence-electron chi connectivity index (χ3n) is 4.64. The first kappa shape index (κ1) is 13.7. The number of nitrogens with one attached hydrogen (secondary N) is 1. The monoisotopic (exact) mass is 275 g/mol. The zero-order chi connectivity index (χ0) is 13.9. The Balaban J connectivity index is 1.62. The fraction of sp³-hybridized carbons (Fsp3) is 0.647. The number of hydrogen-bond acceptors (Lipinski definition) is 3. The molecule has 1 aliphatic carbocycles. The van der Waals surface area contributed by atoms with E-state index in [1.54, 1.807) is 0 Å². The molecule has 0 saturated heterocycles. The van der Waals surface area contributed by atoms with Crippen LogP contribution in [-0.2, 0) is 0 Å². The lowest BCUT2D eigenvalue weighted by atomic mass is 10.0. The van der Waals surface area contributed by atoms with E-state index in [0.717, 1.165) is 17.4 Å². The van der Waals surface area contributed by atoms with Crippen molar-refractivity contribution in [3.63, 3.8) is 0 Å². The highest BCUT2D eigenvalue weighted by atomic mass is 16.7. The fourth-order valence-electron chi connectivity index (χ4n) is 3.29. The maximum absolute atomic E-state index is 5.46. The molecule has 3 rings (SSSR count). The summed E-state index contributed by atoms with van der Waals surface area (Å²) in [6, 6.07) is 7.29. The second kappa shape index (κ2) is 6.04. The SMILES string of the molecule is CC1CCCC(NC(C)c2ccc3c(c2)OCO3)CC1. The van der Waals surface area contributed by atoms with Crippen LogP contribution in [0.25, 0.3) is 0 Å². The summed E-state index contributed by atoms with van der Waals surface area (Å²) in [4.78, 5) is 0. The van der Waals surface area contributed by atoms with E-state index < -0.39 is 0 Å². The topological polar surface area (TPSA) is 30.5 Å². The van der Waals surface area contributed by atoms with Gasteiger partial charge in [-0.15, -0.1) is 0 Å². The van der Waals surface area contributed by atoms with Gasteiger partial charge < -0.3 is 14.8 Å². The molecule has 20 heavy (non-hydrogen) atoms. The minimum atomic E-state index is 0.348. The van der Waals surface area contributed by atoms with Gasteiger partial charge in [0.2, 0.25) is 6.79 Å². The fourth-order valence-corrected chi connectivity index (χ4v) is 3.29. The lowest BCUT2D eigenvalue weighted by Crippen LogP contribution is -2.31. The van der Waals surface area contributed by atoms with Crippen molar-refractivity contribution in [3.05, 3.63) is 23.8 Å². The number of ether oxygens (including phenoxy) is 2. The Morgan fingerprint density at radius 3 is 2.85 bits per heavy atom. The Kier molecular flexibility index (Phi) is 4.16. The first-order valence-corrected chi connectivity index (χ1v) is 7.88. The Morgan fingerprint density at radius 1 is 1.10 bits per heavy atom. The summed E-state index contributed by atoms with van der Waals surface area (Å²) in [5.74, 6) is 2.64. The molecule has 2 aliphatic rings. The van der Waals surface area contributed by atoms with Gasteiger partial charge in [0.15, 0.2) is 11.5 Å². The molecule has 3 atom stereocenters. The standard InChI is InChI=1S/C17H25NO2/c1-12-4-3-5-15(8-6-12)18-13(2)14-7-9-16-17(10-14)20-11-19-16/h7,9-10,12-13,15,18H,3-6,8,11H2,1-2H3. The highest BCUT2D eigenvalue weighted by molar-refractivity contribution is 5.45. The molecule has 3 nitrogen and oxygen atoms in total. The molecular formula is C17H25NO2. The molecule has 3 heteroatoms. The molecule has 0 bridgehead atoms. The van der Waals surface area contributed by atoms with Gasteiger partial charge in [-0.25, -0.2) is 0 Å². The quantitative estimate of drug-likeness (QED) is 0.845. The van der Waals surface area contributed by atoms with Crippen LogP contribution in [0.1, 0.15) is 57.6 Å². The van der Waals surface area contributed by atoms with Crippen molar-refractivity contribution in [3.8, 4) is 11.5 Å². The summed E-state index contributed by atoms with van der Waals surface area (Å²) in [7, 11) is 0. The average molecular weight is 275 g/mol. The Hall–Kier alpha value is -1.22. The molecule has 1 saturated carbocycles. The van der Waals surface area contributed by atoms with Gasteiger partial charge in [0.1, 0.15) is 0 Å². The molecule has 1 aromatic carbocycles. The molecule has 0 spiro atoms. The highest BCUT2D eigenvalue weighted by Gasteiger charge is 2.20. The minimum absolute atomic E-state index is 0.348. The second-order valence-corrected chi connectivity index (χ2v) is 6.31. The molecule has 1 heterocycles. The second-order valence-electron chi connectivity index (χ2n) is 6.31. The largest absolute Gasteiger partial charge is 0.454 e. The minimum Gasteiger partial charge on any atom is -0.454 e. The number of fused-ring (bicyclic) bond motifs is 1. The van der Waals surface area contributed by atoms with E-state index in [0.29, 0.717) is 18.9 Å². The van der Waals surface area contributed by atoms with Crippen molar-refractivity contribution in [2.75, 3.05) is 6.79 Å². The summed E-state index contributed by atoms with van der Waals surface area (Å²) in [5, 5.41) is 3.79. The first-order chi connectivity index (χ1) is 9.72. The first-order valence-electron chi connectivity index (χ1n) is 7.88. The van der Waals surface area contributed by atoms with E-state index in [1.807, 2.05) is 6.07 Å². The Morgan fingerprint density at radius 2 is 1.95 bits per heavy atom. The highest BCUT2D eigenvalue weighted by Crippen LogP contribution is 2.34. The zero-order valence-corrected chi connectivity index (χ0v) is 12.5. The molecule has 0 aromatic heterocycles. The molecule has 1 aromatic rings. The van der Waals surface area contributed by atoms with E-state index in [1.165, 1.54) is 37.7 Å². The van der Waals surface area contributed by atoms with Gasteiger partial charge in [-0.05, 0) is 49.8 Å². The van der Waals surface area contributed by atoms with E-state index in [9.17, 15) is 0 Å². The van der Waals surface area contributed by atoms with E-state index in [2.05, 4.69) is 31.3 Å². The molecule has 0 radical (unpaired) electrons. The molecule has 1 aliphatic heterocycles. The third-order valence-corrected chi connectivity index (χ3v) is 4.64. The van der Waals surface area contributed by atoms with Gasteiger partial charge in [0, 0.05) is 12.1 Å². The van der Waals surface area contributed by atoms with Crippen LogP contribution in [0.2, 0.25) is 0 Å². The molecule has 1 N–H and O–H groups in total. The van der Waals surface area contributed by atoms with Crippen molar-refractivity contribution in [2.45, 2.75) is 58.0 Å². The van der Waals surface area contributed by atoms with Crippen LogP contribution < -0.4 is 14.8 Å². The predicted molar refractivity (Wildman–Crippen MR) is 80.2 cm³/mol. The van der Waals surface area contributed by atoms with Crippen molar-refractivity contribution in [1.29, 1.82) is 0 Å². The summed E-state index contributed by atoms with van der Waals surface area (Å²) >= 11 is 0. The maximum Gasteiger partial charge on any atom is 0.231 e. The van der Waals surface area contributed by atoms with Gasteiger partial charge in [-0.2, -0.15) is 0 Å². The third kappa shape index (κ3) is 3.09. The predicted octanol–water partition coefficient (Wildman–Crippen LogP) is 4.03. The van der Waals surface area contributed by atoms with Crippen LogP contribution in [0, 0.1) is 5.92 Å². The van der Waals surface area contributed by atoms with Crippen LogP contribution in [0.3, 0.4) is 0 Å². The number of rotatable bonds is 3. The molecular weight excluding hydrogens is 250 g/mol. The molecule has 1 fully saturated rings. The Bertz CT molecular complexity index is 460. The van der Waals surface area contributed by atoms with Crippen molar-refractivity contribution in [2.24, 2.45) is 5.92 Å². The summed E-state index contributed by atoms with van der Waals surface area (Å²) < 4.78 is 10.8. The van der Waals surface area contributed by atoms with Gasteiger partial charge in [-0.1, -0.05) is 25.8 Å². The van der Waals surface area contributed by atoms with Crippen molar-refractivity contribution in [1.82, 2.24) is 5.32 Å². The summed E-state index contributed by atoms with van der Waals surface area (Å²) in [6.45, 7) is 4.97. The van der Waals surface area contributed by atoms with Crippen LogP contribution >= 0.6 is 0 Å². The van der Waals surface area contributed by atoms with Crippen LogP contribution in [-0.4, -0.2) is 12.8 Å². The average Bonchev–Trinajstić information content (AvgIpc) is 2.82. The molecule has 3 unspecified atom stereocenters. The molecule has 110 valence electrons. The lowest BCUT2D eigenvalue weighted by Gasteiger charge is -2.22. The lowest BCUT2D eigenvalue weighted by molar-refractivity contribution is 0.174. The van der Waals surface area contributed by atoms with E-state index >= 15 is 0 Å². The summed E-state index contributed by atoms with van der Waals surface area (Å²) in [5.41, 5.74) is 1.28. The Labute approximate surface area is 121 Å². The smallest absolute Gasteiger partial charge is 0.231 e. The van der Waals surface area contributed by atoms with Crippen molar-refractivity contribution >= 4 is 0 Å². The maximum atomic E-state index is 5.46. The van der Waals surface area contributed by atoms with Crippen LogP contribution in [0.5, 0.6) is 11.5 Å². The van der Waals surface area contributed by atoms with Crippen LogP contribution in [0.4, 0.5) is 0 Å². The van der Waals surface area contributed by atoms with Gasteiger partial charge in [0.05, 0.1) is 0 Å². The van der Waals surface area contributed by atoms with Gasteiger partial charge >= 0.3 is 0 Å². The van der Waals surface area contributed by atoms with Gasteiger partial charge in [0.25, 0.3) is 0 Å².